The number of nitrogens with two attached hydrogens (primary N) is 1. The lowest BCUT2D eigenvalue weighted by molar-refractivity contribution is 0.0763. The van der Waals surface area contributed by atoms with Crippen molar-refractivity contribution in [1.82, 2.24) is 9.80 Å². The normalized spacial score (nSPS) is 24.7. The Hall–Kier alpha value is -0.560. The molecule has 0 aromatic carbocycles. The summed E-state index contributed by atoms with van der Waals surface area (Å²) in [4.78, 5) is 5.23. The van der Waals surface area contributed by atoms with E-state index in [0.717, 1.165) is 19.0 Å². The van der Waals surface area contributed by atoms with Gasteiger partial charge in [0.1, 0.15) is 0 Å². The Balaban J connectivity index is 1.67. The molecular formula is C16H29N3. The first-order valence-electron chi connectivity index (χ1n) is 7.91. The topological polar surface area (TPSA) is 32.5 Å². The second-order valence-electron chi connectivity index (χ2n) is 6.02. The number of hydrogen-bond acceptors (Lipinski definition) is 3. The fourth-order valence-corrected chi connectivity index (χ4v) is 3.39. The predicted molar refractivity (Wildman–Crippen MR) is 80.9 cm³/mol. The number of piperazine rings is 1. The lowest BCUT2D eigenvalue weighted by Gasteiger charge is -2.41. The van der Waals surface area contributed by atoms with Crippen molar-refractivity contribution in [3.8, 4) is 11.8 Å². The zero-order valence-electron chi connectivity index (χ0n) is 12.4. The molecule has 2 rings (SSSR count). The van der Waals surface area contributed by atoms with E-state index in [9.17, 15) is 0 Å². The van der Waals surface area contributed by atoms with Gasteiger partial charge in [-0.05, 0) is 19.8 Å². The maximum Gasteiger partial charge on any atom is 0.0278 e. The van der Waals surface area contributed by atoms with Crippen molar-refractivity contribution in [2.24, 2.45) is 5.73 Å². The third-order valence-electron chi connectivity index (χ3n) is 4.53. The minimum absolute atomic E-state index is 0.216. The van der Waals surface area contributed by atoms with Crippen LogP contribution in [-0.2, 0) is 0 Å². The van der Waals surface area contributed by atoms with Crippen LogP contribution in [0.2, 0.25) is 0 Å². The standard InChI is InChI=1S/C16H29N3/c1-2-3-7-15(17)14-18-10-12-19(13-11-18)16-8-5-4-6-9-16/h15-16H,4-14,17H2,1H3. The van der Waals surface area contributed by atoms with Crippen molar-refractivity contribution in [1.29, 1.82) is 0 Å². The lowest BCUT2D eigenvalue weighted by Crippen LogP contribution is -2.52. The first-order valence-corrected chi connectivity index (χ1v) is 7.91. The summed E-state index contributed by atoms with van der Waals surface area (Å²) in [6, 6.07) is 1.09. The average Bonchev–Trinajstić information content (AvgIpc) is 2.47. The van der Waals surface area contributed by atoms with Crippen LogP contribution in [0.4, 0.5) is 0 Å². The average molecular weight is 263 g/mol. The van der Waals surface area contributed by atoms with Gasteiger partial charge in [0.15, 0.2) is 0 Å². The quantitative estimate of drug-likeness (QED) is 0.783. The molecule has 2 N–H and O–H groups in total. The van der Waals surface area contributed by atoms with E-state index < -0.39 is 0 Å². The van der Waals surface area contributed by atoms with Crippen molar-refractivity contribution in [3.05, 3.63) is 0 Å². The molecular weight excluding hydrogens is 234 g/mol. The Morgan fingerprint density at radius 2 is 1.79 bits per heavy atom. The van der Waals surface area contributed by atoms with Gasteiger partial charge >= 0.3 is 0 Å². The summed E-state index contributed by atoms with van der Waals surface area (Å²) < 4.78 is 0. The monoisotopic (exact) mass is 263 g/mol. The maximum absolute atomic E-state index is 6.11. The van der Waals surface area contributed by atoms with Gasteiger partial charge in [-0.2, -0.15) is 0 Å². The summed E-state index contributed by atoms with van der Waals surface area (Å²) >= 11 is 0. The van der Waals surface area contributed by atoms with Crippen LogP contribution in [0.1, 0.15) is 45.4 Å². The molecule has 1 aliphatic heterocycles. The van der Waals surface area contributed by atoms with Gasteiger partial charge in [0.05, 0.1) is 0 Å². The van der Waals surface area contributed by atoms with Crippen LogP contribution in [0.3, 0.4) is 0 Å². The number of rotatable bonds is 4. The van der Waals surface area contributed by atoms with Gasteiger partial charge in [-0.1, -0.05) is 19.3 Å². The molecule has 0 radical (unpaired) electrons. The molecule has 0 bridgehead atoms. The second-order valence-corrected chi connectivity index (χ2v) is 6.02. The summed E-state index contributed by atoms with van der Waals surface area (Å²) in [5.41, 5.74) is 6.11. The summed E-state index contributed by atoms with van der Waals surface area (Å²) in [6.07, 6.45) is 8.00. The smallest absolute Gasteiger partial charge is 0.0278 e. The third-order valence-corrected chi connectivity index (χ3v) is 4.53. The summed E-state index contributed by atoms with van der Waals surface area (Å²) in [5.74, 6) is 6.02. The van der Waals surface area contributed by atoms with E-state index in [1.807, 2.05) is 6.92 Å². The Bertz CT molecular complexity index is 304. The van der Waals surface area contributed by atoms with Crippen molar-refractivity contribution >= 4 is 0 Å². The molecule has 0 spiro atoms. The van der Waals surface area contributed by atoms with Crippen LogP contribution in [0.5, 0.6) is 0 Å². The van der Waals surface area contributed by atoms with Gasteiger partial charge < -0.3 is 5.73 Å². The highest BCUT2D eigenvalue weighted by atomic mass is 15.3. The first kappa shape index (κ1) is 14.8. The van der Waals surface area contributed by atoms with Crippen molar-refractivity contribution in [3.63, 3.8) is 0 Å². The molecule has 2 fully saturated rings. The Morgan fingerprint density at radius 3 is 2.42 bits per heavy atom. The Morgan fingerprint density at radius 1 is 1.11 bits per heavy atom. The molecule has 3 heteroatoms. The van der Waals surface area contributed by atoms with Gasteiger partial charge in [-0.25, -0.2) is 0 Å². The lowest BCUT2D eigenvalue weighted by atomic mass is 9.94. The fraction of sp³-hybridized carbons (Fsp3) is 0.875. The van der Waals surface area contributed by atoms with Gasteiger partial charge in [0.2, 0.25) is 0 Å². The van der Waals surface area contributed by atoms with Gasteiger partial charge in [0, 0.05) is 51.2 Å². The molecule has 1 heterocycles. The van der Waals surface area contributed by atoms with Gasteiger partial charge in [0.25, 0.3) is 0 Å². The largest absolute Gasteiger partial charge is 0.326 e. The number of nitrogens with zero attached hydrogens (tertiary/aromatic N) is 2. The minimum atomic E-state index is 0.216. The molecule has 0 aromatic rings. The van der Waals surface area contributed by atoms with Crippen LogP contribution in [-0.4, -0.2) is 54.6 Å². The summed E-state index contributed by atoms with van der Waals surface area (Å²) in [7, 11) is 0. The van der Waals surface area contributed by atoms with Crippen LogP contribution in [0, 0.1) is 11.8 Å². The zero-order valence-corrected chi connectivity index (χ0v) is 12.4. The molecule has 0 aromatic heterocycles. The summed E-state index contributed by atoms with van der Waals surface area (Å²) in [6.45, 7) is 7.73. The van der Waals surface area contributed by atoms with Crippen LogP contribution in [0.15, 0.2) is 0 Å². The van der Waals surface area contributed by atoms with Gasteiger partial charge in [-0.15, -0.1) is 11.8 Å². The highest BCUT2D eigenvalue weighted by Gasteiger charge is 2.25. The first-order chi connectivity index (χ1) is 9.29. The summed E-state index contributed by atoms with van der Waals surface area (Å²) in [5, 5.41) is 0. The van der Waals surface area contributed by atoms with E-state index in [1.54, 1.807) is 0 Å². The van der Waals surface area contributed by atoms with E-state index in [-0.39, 0.29) is 6.04 Å². The van der Waals surface area contributed by atoms with Crippen LogP contribution in [0.25, 0.3) is 0 Å². The third kappa shape index (κ3) is 4.80. The molecule has 0 amide bonds. The van der Waals surface area contributed by atoms with Crippen molar-refractivity contribution in [2.45, 2.75) is 57.5 Å². The van der Waals surface area contributed by atoms with E-state index in [2.05, 4.69) is 21.6 Å². The molecule has 1 saturated heterocycles. The zero-order chi connectivity index (χ0) is 13.5. The van der Waals surface area contributed by atoms with Crippen molar-refractivity contribution < 1.29 is 0 Å². The van der Waals surface area contributed by atoms with E-state index >= 15 is 0 Å². The molecule has 1 aliphatic carbocycles. The maximum atomic E-state index is 6.11. The van der Waals surface area contributed by atoms with Crippen molar-refractivity contribution in [2.75, 3.05) is 32.7 Å². The second kappa shape index (κ2) is 7.89. The highest BCUT2D eigenvalue weighted by Crippen LogP contribution is 2.23. The molecule has 19 heavy (non-hydrogen) atoms. The van der Waals surface area contributed by atoms with Crippen LogP contribution >= 0.6 is 0 Å². The molecule has 1 saturated carbocycles. The molecule has 2 aliphatic rings. The predicted octanol–water partition coefficient (Wildman–Crippen LogP) is 1.68. The molecule has 1 atom stereocenters. The minimum Gasteiger partial charge on any atom is -0.326 e. The molecule has 1 unspecified atom stereocenters. The van der Waals surface area contributed by atoms with E-state index in [4.69, 9.17) is 5.73 Å². The fourth-order valence-electron chi connectivity index (χ4n) is 3.39. The highest BCUT2D eigenvalue weighted by molar-refractivity contribution is 4.98. The molecule has 108 valence electrons. The van der Waals surface area contributed by atoms with E-state index in [1.165, 1.54) is 58.3 Å². The van der Waals surface area contributed by atoms with Crippen LogP contribution < -0.4 is 5.73 Å². The number of hydrogen-bond donors (Lipinski definition) is 1. The Kier molecular flexibility index (Phi) is 6.16. The van der Waals surface area contributed by atoms with Gasteiger partial charge in [-0.3, -0.25) is 9.80 Å². The SMILES string of the molecule is CC#CCC(N)CN1CCN(C2CCCCC2)CC1. The Labute approximate surface area is 118 Å². The van der Waals surface area contributed by atoms with E-state index in [0.29, 0.717) is 0 Å². The molecule has 3 nitrogen and oxygen atoms in total.